The van der Waals surface area contributed by atoms with Gasteiger partial charge in [-0.3, -0.25) is 9.59 Å². The molecule has 2 aromatic rings. The van der Waals surface area contributed by atoms with Gasteiger partial charge in [-0.2, -0.15) is 0 Å². The second kappa shape index (κ2) is 15.6. The van der Waals surface area contributed by atoms with Gasteiger partial charge >= 0.3 is 0 Å². The first-order valence-corrected chi connectivity index (χ1v) is 12.7. The van der Waals surface area contributed by atoms with E-state index in [1.165, 1.54) is 62.0 Å². The minimum absolute atomic E-state index is 0.128. The molecule has 0 amide bonds. The standard InChI is InChI=1S/C27H42N2O3/c1-2-3-4-5-6-7-8-9-10-11-12-15-26(30)29-25-22-24(32-21-14-13-20-28)18-16-23(25)17-19-27(29)31/h16-19,22H,2-15,20-21,28H2,1H3. The molecule has 1 heterocycles. The first kappa shape index (κ1) is 26.1. The van der Waals surface area contributed by atoms with Gasteiger partial charge in [0.2, 0.25) is 5.91 Å². The van der Waals surface area contributed by atoms with Crippen molar-refractivity contribution >= 4 is 16.8 Å². The Hall–Kier alpha value is -2.14. The maximum absolute atomic E-state index is 12.9. The SMILES string of the molecule is CCCCCCCCCCCCCC(=O)n1c(=O)ccc2ccc(OCCCCN)cc21. The van der Waals surface area contributed by atoms with E-state index in [1.807, 2.05) is 12.1 Å². The summed E-state index contributed by atoms with van der Waals surface area (Å²) in [5.74, 6) is 0.549. The van der Waals surface area contributed by atoms with E-state index in [4.69, 9.17) is 10.5 Å². The van der Waals surface area contributed by atoms with E-state index in [0.29, 0.717) is 30.8 Å². The zero-order chi connectivity index (χ0) is 23.0. The molecule has 1 aromatic heterocycles. The molecule has 2 rings (SSSR count). The van der Waals surface area contributed by atoms with Crippen molar-refractivity contribution in [2.45, 2.75) is 96.8 Å². The van der Waals surface area contributed by atoms with Gasteiger partial charge in [0.15, 0.2) is 0 Å². The van der Waals surface area contributed by atoms with Gasteiger partial charge in [-0.1, -0.05) is 71.1 Å². The molecule has 0 spiro atoms. The van der Waals surface area contributed by atoms with Gasteiger partial charge in [-0.05, 0) is 49.4 Å². The summed E-state index contributed by atoms with van der Waals surface area (Å²) >= 11 is 0. The van der Waals surface area contributed by atoms with Crippen LogP contribution in [0.1, 0.15) is 102 Å². The summed E-state index contributed by atoms with van der Waals surface area (Å²) in [6.45, 7) is 3.47. The van der Waals surface area contributed by atoms with E-state index < -0.39 is 0 Å². The predicted molar refractivity (Wildman–Crippen MR) is 134 cm³/mol. The highest BCUT2D eigenvalue weighted by atomic mass is 16.5. The van der Waals surface area contributed by atoms with Gasteiger partial charge in [0.1, 0.15) is 5.75 Å². The van der Waals surface area contributed by atoms with E-state index in [-0.39, 0.29) is 11.5 Å². The number of benzene rings is 1. The molecule has 0 aliphatic carbocycles. The Morgan fingerprint density at radius 1 is 0.844 bits per heavy atom. The Labute approximate surface area is 193 Å². The van der Waals surface area contributed by atoms with Crippen molar-refractivity contribution in [3.63, 3.8) is 0 Å². The molecule has 2 N–H and O–H groups in total. The van der Waals surface area contributed by atoms with Crippen LogP contribution < -0.4 is 16.0 Å². The monoisotopic (exact) mass is 442 g/mol. The van der Waals surface area contributed by atoms with Gasteiger partial charge in [-0.25, -0.2) is 4.57 Å². The van der Waals surface area contributed by atoms with Crippen LogP contribution in [0, 0.1) is 0 Å². The molecule has 1 aromatic carbocycles. The van der Waals surface area contributed by atoms with E-state index >= 15 is 0 Å². The zero-order valence-electron chi connectivity index (χ0n) is 19.9. The Balaban J connectivity index is 1.80. The summed E-state index contributed by atoms with van der Waals surface area (Å²) in [7, 11) is 0. The third-order valence-corrected chi connectivity index (χ3v) is 5.98. The number of carbonyl (C=O) groups excluding carboxylic acids is 1. The molecule has 0 aliphatic heterocycles. The molecular weight excluding hydrogens is 400 g/mol. The molecule has 0 aliphatic rings. The van der Waals surface area contributed by atoms with Crippen LogP contribution in [-0.2, 0) is 0 Å². The lowest BCUT2D eigenvalue weighted by Gasteiger charge is -2.11. The molecule has 32 heavy (non-hydrogen) atoms. The molecule has 178 valence electrons. The molecular formula is C27H42N2O3. The summed E-state index contributed by atoms with van der Waals surface area (Å²) < 4.78 is 7.10. The van der Waals surface area contributed by atoms with Gasteiger partial charge in [0, 0.05) is 18.6 Å². The third kappa shape index (κ3) is 9.15. The van der Waals surface area contributed by atoms with Gasteiger partial charge in [0.25, 0.3) is 5.56 Å². The highest BCUT2D eigenvalue weighted by Gasteiger charge is 2.12. The average molecular weight is 443 g/mol. The molecule has 5 nitrogen and oxygen atoms in total. The maximum Gasteiger partial charge on any atom is 0.257 e. The van der Waals surface area contributed by atoms with Crippen molar-refractivity contribution in [1.29, 1.82) is 0 Å². The highest BCUT2D eigenvalue weighted by molar-refractivity contribution is 5.91. The van der Waals surface area contributed by atoms with E-state index in [1.54, 1.807) is 12.1 Å². The molecule has 0 unspecified atom stereocenters. The summed E-state index contributed by atoms with van der Waals surface area (Å²) in [6.07, 6.45) is 15.8. The lowest BCUT2D eigenvalue weighted by atomic mass is 10.1. The second-order valence-corrected chi connectivity index (χ2v) is 8.75. The van der Waals surface area contributed by atoms with Crippen molar-refractivity contribution < 1.29 is 9.53 Å². The second-order valence-electron chi connectivity index (χ2n) is 8.75. The van der Waals surface area contributed by atoms with Crippen molar-refractivity contribution in [1.82, 2.24) is 4.57 Å². The lowest BCUT2D eigenvalue weighted by Crippen LogP contribution is -2.26. The van der Waals surface area contributed by atoms with Gasteiger partial charge in [0.05, 0.1) is 12.1 Å². The van der Waals surface area contributed by atoms with Crippen LogP contribution >= 0.6 is 0 Å². The molecule has 0 saturated carbocycles. The van der Waals surface area contributed by atoms with Crippen molar-refractivity contribution in [2.24, 2.45) is 5.73 Å². The first-order valence-electron chi connectivity index (χ1n) is 12.7. The largest absolute Gasteiger partial charge is 0.494 e. The number of unbranched alkanes of at least 4 members (excludes halogenated alkanes) is 11. The number of aromatic nitrogens is 1. The summed E-state index contributed by atoms with van der Waals surface area (Å²) in [5.41, 5.74) is 5.88. The smallest absolute Gasteiger partial charge is 0.257 e. The maximum atomic E-state index is 12.9. The number of ether oxygens (including phenoxy) is 1. The van der Waals surface area contributed by atoms with Crippen LogP contribution in [0.15, 0.2) is 35.1 Å². The third-order valence-electron chi connectivity index (χ3n) is 5.98. The molecule has 0 bridgehead atoms. The quantitative estimate of drug-likeness (QED) is 0.285. The van der Waals surface area contributed by atoms with Crippen molar-refractivity contribution in [3.05, 3.63) is 40.7 Å². The lowest BCUT2D eigenvalue weighted by molar-refractivity contribution is 0.0900. The zero-order valence-corrected chi connectivity index (χ0v) is 19.9. The minimum atomic E-state index is -0.272. The fraction of sp³-hybridized carbons (Fsp3) is 0.630. The Morgan fingerprint density at radius 3 is 2.12 bits per heavy atom. The fourth-order valence-corrected chi connectivity index (χ4v) is 4.05. The average Bonchev–Trinajstić information content (AvgIpc) is 2.80. The molecule has 5 heteroatoms. The molecule has 0 radical (unpaired) electrons. The van der Waals surface area contributed by atoms with Crippen molar-refractivity contribution in [3.8, 4) is 5.75 Å². The Morgan fingerprint density at radius 2 is 1.47 bits per heavy atom. The predicted octanol–water partition coefficient (Wildman–Crippen LogP) is 6.46. The van der Waals surface area contributed by atoms with Crippen LogP contribution in [0.5, 0.6) is 5.75 Å². The number of pyridine rings is 1. The van der Waals surface area contributed by atoms with Crippen LogP contribution in [0.25, 0.3) is 10.9 Å². The summed E-state index contributed by atoms with van der Waals surface area (Å²) in [4.78, 5) is 25.3. The van der Waals surface area contributed by atoms with E-state index in [9.17, 15) is 9.59 Å². The number of hydrogen-bond donors (Lipinski definition) is 1. The van der Waals surface area contributed by atoms with Gasteiger partial charge in [-0.15, -0.1) is 0 Å². The fourth-order valence-electron chi connectivity index (χ4n) is 4.05. The topological polar surface area (TPSA) is 74.3 Å². The number of rotatable bonds is 17. The number of hydrogen-bond acceptors (Lipinski definition) is 4. The number of fused-ring (bicyclic) bond motifs is 1. The first-order chi connectivity index (χ1) is 15.7. The van der Waals surface area contributed by atoms with Crippen LogP contribution in [0.3, 0.4) is 0 Å². The summed E-state index contributed by atoms with van der Waals surface area (Å²) in [6, 6.07) is 8.83. The Kier molecular flexibility index (Phi) is 12.8. The van der Waals surface area contributed by atoms with E-state index in [0.717, 1.165) is 37.5 Å². The van der Waals surface area contributed by atoms with Crippen LogP contribution in [-0.4, -0.2) is 23.6 Å². The van der Waals surface area contributed by atoms with E-state index in [2.05, 4.69) is 6.92 Å². The van der Waals surface area contributed by atoms with Crippen LogP contribution in [0.2, 0.25) is 0 Å². The highest BCUT2D eigenvalue weighted by Crippen LogP contribution is 2.21. The molecule has 0 atom stereocenters. The summed E-state index contributed by atoms with van der Waals surface area (Å²) in [5, 5.41) is 0.867. The minimum Gasteiger partial charge on any atom is -0.494 e. The number of nitrogens with two attached hydrogens (primary N) is 1. The number of carbonyl (C=O) groups is 1. The normalized spacial score (nSPS) is 11.2. The molecule has 0 fully saturated rings. The van der Waals surface area contributed by atoms with Gasteiger partial charge < -0.3 is 10.5 Å². The Bertz CT molecular complexity index is 860. The van der Waals surface area contributed by atoms with Crippen molar-refractivity contribution in [2.75, 3.05) is 13.2 Å². The molecule has 0 saturated heterocycles. The number of nitrogens with zero attached hydrogens (tertiary/aromatic N) is 1. The van der Waals surface area contributed by atoms with Crippen LogP contribution in [0.4, 0.5) is 0 Å².